The van der Waals surface area contributed by atoms with Crippen molar-refractivity contribution in [2.75, 3.05) is 20.2 Å². The van der Waals surface area contributed by atoms with Gasteiger partial charge in [0.25, 0.3) is 0 Å². The minimum Gasteiger partial charge on any atom is -0.466 e. The molecule has 0 radical (unpaired) electrons. The van der Waals surface area contributed by atoms with Gasteiger partial charge in [-0.25, -0.2) is 0 Å². The molecule has 0 aliphatic carbocycles. The lowest BCUT2D eigenvalue weighted by Gasteiger charge is -2.05. The fourth-order valence-electron chi connectivity index (χ4n) is 0.977. The van der Waals surface area contributed by atoms with Gasteiger partial charge in [-0.3, -0.25) is 4.79 Å². The second kappa shape index (κ2) is 8.05. The summed E-state index contributed by atoms with van der Waals surface area (Å²) >= 11 is 0. The maximum Gasteiger partial charge on any atom is 0.307 e. The molecular formula is C10H21NO2. The lowest BCUT2D eigenvalue weighted by atomic mass is 10.1. The van der Waals surface area contributed by atoms with Gasteiger partial charge in [0.2, 0.25) is 0 Å². The van der Waals surface area contributed by atoms with Gasteiger partial charge in [0.15, 0.2) is 0 Å². The highest BCUT2D eigenvalue weighted by atomic mass is 16.5. The summed E-state index contributed by atoms with van der Waals surface area (Å²) in [6.45, 7) is 5.61. The van der Waals surface area contributed by atoms with Crippen LogP contribution in [0.2, 0.25) is 0 Å². The molecule has 0 amide bonds. The molecule has 3 nitrogen and oxygen atoms in total. The van der Waals surface area contributed by atoms with Crippen molar-refractivity contribution in [3.8, 4) is 0 Å². The molecule has 3 heteroatoms. The molecule has 0 saturated heterocycles. The molecule has 0 fully saturated rings. The van der Waals surface area contributed by atoms with Crippen molar-refractivity contribution in [1.29, 1.82) is 0 Å². The van der Waals surface area contributed by atoms with E-state index in [-0.39, 0.29) is 5.97 Å². The Morgan fingerprint density at radius 1 is 1.46 bits per heavy atom. The first-order chi connectivity index (χ1) is 6.16. The number of esters is 1. The zero-order valence-corrected chi connectivity index (χ0v) is 8.93. The normalized spacial score (nSPS) is 10.5. The Balaban J connectivity index is 3.17. The molecule has 78 valence electrons. The fourth-order valence-corrected chi connectivity index (χ4v) is 0.977. The molecule has 1 N–H and O–H groups in total. The Hall–Kier alpha value is -0.570. The zero-order chi connectivity index (χ0) is 10.1. The number of hydrogen-bond acceptors (Lipinski definition) is 3. The number of carbonyl (C=O) groups excluding carboxylic acids is 1. The summed E-state index contributed by atoms with van der Waals surface area (Å²) < 4.78 is 5.02. The fraction of sp³-hybridized carbons (Fsp3) is 0.900. The van der Waals surface area contributed by atoms with E-state index in [4.69, 9.17) is 4.74 Å². The Kier molecular flexibility index (Phi) is 7.69. The minimum absolute atomic E-state index is 0.0990. The molecule has 0 unspecified atom stereocenters. The van der Waals surface area contributed by atoms with Gasteiger partial charge in [0.05, 0.1) is 13.0 Å². The Bertz CT molecular complexity index is 135. The van der Waals surface area contributed by atoms with Gasteiger partial charge in [-0.1, -0.05) is 13.8 Å². The van der Waals surface area contributed by atoms with E-state index in [2.05, 4.69) is 19.2 Å². The average Bonchev–Trinajstić information content (AvgIpc) is 2.08. The Labute approximate surface area is 80.8 Å². The topological polar surface area (TPSA) is 38.3 Å². The maximum atomic E-state index is 11.0. The van der Waals surface area contributed by atoms with Crippen molar-refractivity contribution in [1.82, 2.24) is 5.32 Å². The predicted octanol–water partition coefficient (Wildman–Crippen LogP) is 1.58. The lowest BCUT2D eigenvalue weighted by Crippen LogP contribution is -2.15. The molecule has 0 aromatic carbocycles. The molecule has 0 saturated carbocycles. The van der Waals surface area contributed by atoms with Gasteiger partial charge in [-0.05, 0) is 25.8 Å². The third-order valence-corrected chi connectivity index (χ3v) is 1.77. The number of carbonyl (C=O) groups is 1. The molecular weight excluding hydrogens is 166 g/mol. The summed E-state index contributed by atoms with van der Waals surface area (Å²) in [5, 5.41) is 2.91. The Morgan fingerprint density at radius 2 is 2.15 bits per heavy atom. The van der Waals surface area contributed by atoms with E-state index < -0.39 is 0 Å². The molecule has 0 rings (SSSR count). The van der Waals surface area contributed by atoms with E-state index in [1.54, 1.807) is 0 Å². The summed E-state index contributed by atoms with van der Waals surface area (Å²) in [6, 6.07) is 0. The third kappa shape index (κ3) is 9.34. The van der Waals surface area contributed by atoms with Crippen LogP contribution < -0.4 is 5.32 Å². The molecule has 0 atom stereocenters. The van der Waals surface area contributed by atoms with Crippen LogP contribution in [0.3, 0.4) is 0 Å². The van der Waals surface area contributed by atoms with Gasteiger partial charge in [0.1, 0.15) is 0 Å². The van der Waals surface area contributed by atoms with Crippen LogP contribution in [0, 0.1) is 5.92 Å². The lowest BCUT2D eigenvalue weighted by molar-refractivity contribution is -0.143. The van der Waals surface area contributed by atoms with E-state index >= 15 is 0 Å². The average molecular weight is 187 g/mol. The molecule has 13 heavy (non-hydrogen) atoms. The number of rotatable bonds is 7. The molecule has 0 aromatic heterocycles. The molecule has 0 aromatic rings. The van der Waals surface area contributed by atoms with Crippen molar-refractivity contribution in [3.05, 3.63) is 0 Å². The minimum atomic E-state index is -0.0990. The number of nitrogens with one attached hydrogen (secondary N) is 1. The van der Waals surface area contributed by atoms with Gasteiger partial charge in [-0.2, -0.15) is 0 Å². The van der Waals surface area contributed by atoms with E-state index in [9.17, 15) is 4.79 Å². The summed E-state index contributed by atoms with van der Waals surface area (Å²) in [7, 11) is 1.83. The highest BCUT2D eigenvalue weighted by Crippen LogP contribution is 2.03. The van der Waals surface area contributed by atoms with Crippen LogP contribution in [-0.4, -0.2) is 26.2 Å². The second-order valence-corrected chi connectivity index (χ2v) is 3.61. The molecule has 0 spiro atoms. The summed E-state index contributed by atoms with van der Waals surface area (Å²) in [4.78, 5) is 11.0. The molecule has 0 aliphatic heterocycles. The molecule has 0 aliphatic rings. The molecule has 0 heterocycles. The van der Waals surface area contributed by atoms with Gasteiger partial charge < -0.3 is 10.1 Å². The largest absolute Gasteiger partial charge is 0.466 e. The van der Waals surface area contributed by atoms with E-state index in [1.165, 1.54) is 0 Å². The first-order valence-electron chi connectivity index (χ1n) is 4.97. The number of hydrogen-bond donors (Lipinski definition) is 1. The Morgan fingerprint density at radius 3 is 2.69 bits per heavy atom. The summed E-state index contributed by atoms with van der Waals surface area (Å²) in [5.41, 5.74) is 0. The van der Waals surface area contributed by atoms with Crippen LogP contribution in [0.1, 0.15) is 33.1 Å². The summed E-state index contributed by atoms with van der Waals surface area (Å²) in [5.74, 6) is 0.592. The van der Waals surface area contributed by atoms with Crippen LogP contribution in [0.15, 0.2) is 0 Å². The van der Waals surface area contributed by atoms with Crippen LogP contribution in [0.25, 0.3) is 0 Å². The van der Waals surface area contributed by atoms with Crippen molar-refractivity contribution in [2.24, 2.45) is 5.92 Å². The first-order valence-corrected chi connectivity index (χ1v) is 4.97. The molecule has 0 bridgehead atoms. The standard InChI is InChI=1S/C10H21NO2/c1-9(2)5-4-8-13-10(12)6-7-11-3/h9,11H,4-8H2,1-3H3. The third-order valence-electron chi connectivity index (χ3n) is 1.77. The number of ether oxygens (including phenoxy) is 1. The first kappa shape index (κ1) is 12.4. The van der Waals surface area contributed by atoms with Crippen LogP contribution >= 0.6 is 0 Å². The van der Waals surface area contributed by atoms with Crippen molar-refractivity contribution >= 4 is 5.97 Å². The van der Waals surface area contributed by atoms with Crippen LogP contribution in [0.4, 0.5) is 0 Å². The van der Waals surface area contributed by atoms with Crippen LogP contribution in [-0.2, 0) is 9.53 Å². The maximum absolute atomic E-state index is 11.0. The predicted molar refractivity (Wildman–Crippen MR) is 53.6 cm³/mol. The van der Waals surface area contributed by atoms with E-state index in [0.717, 1.165) is 12.8 Å². The SMILES string of the molecule is CNCCC(=O)OCCCC(C)C. The second-order valence-electron chi connectivity index (χ2n) is 3.61. The van der Waals surface area contributed by atoms with E-state index in [1.807, 2.05) is 7.05 Å². The van der Waals surface area contributed by atoms with Crippen LogP contribution in [0.5, 0.6) is 0 Å². The highest BCUT2D eigenvalue weighted by molar-refractivity contribution is 5.69. The van der Waals surface area contributed by atoms with Gasteiger partial charge in [0, 0.05) is 6.54 Å². The van der Waals surface area contributed by atoms with Crippen molar-refractivity contribution < 1.29 is 9.53 Å². The van der Waals surface area contributed by atoms with Crippen molar-refractivity contribution in [2.45, 2.75) is 33.1 Å². The summed E-state index contributed by atoms with van der Waals surface area (Å²) in [6.07, 6.45) is 2.57. The smallest absolute Gasteiger partial charge is 0.307 e. The highest BCUT2D eigenvalue weighted by Gasteiger charge is 2.01. The van der Waals surface area contributed by atoms with Gasteiger partial charge in [-0.15, -0.1) is 0 Å². The monoisotopic (exact) mass is 187 g/mol. The van der Waals surface area contributed by atoms with E-state index in [0.29, 0.717) is 25.5 Å². The van der Waals surface area contributed by atoms with Crippen molar-refractivity contribution in [3.63, 3.8) is 0 Å². The zero-order valence-electron chi connectivity index (χ0n) is 8.93. The quantitative estimate of drug-likeness (QED) is 0.485. The van der Waals surface area contributed by atoms with Gasteiger partial charge >= 0.3 is 5.97 Å².